The molecular weight excluding hydrogens is 254 g/mol. The summed E-state index contributed by atoms with van der Waals surface area (Å²) in [6.45, 7) is 0. The molecule has 2 aromatic carbocycles. The van der Waals surface area contributed by atoms with Crippen molar-refractivity contribution in [2.24, 2.45) is 5.73 Å². The second-order valence-electron chi connectivity index (χ2n) is 4.67. The molecule has 4 nitrogen and oxygen atoms in total. The third-order valence-electron chi connectivity index (χ3n) is 3.24. The summed E-state index contributed by atoms with van der Waals surface area (Å²) in [5.41, 5.74) is 8.55. The molecule has 0 saturated carbocycles. The Kier molecular flexibility index (Phi) is 4.50. The van der Waals surface area contributed by atoms with E-state index in [-0.39, 0.29) is 0 Å². The number of aliphatic carboxylic acids is 1. The summed E-state index contributed by atoms with van der Waals surface area (Å²) in [6, 6.07) is 16.2. The summed E-state index contributed by atoms with van der Waals surface area (Å²) < 4.78 is 0. The summed E-state index contributed by atoms with van der Waals surface area (Å²) in [6.07, 6.45) is -0.955. The van der Waals surface area contributed by atoms with Gasteiger partial charge in [-0.3, -0.25) is 0 Å². The Hall–Kier alpha value is -2.17. The van der Waals surface area contributed by atoms with Crippen LogP contribution in [0.15, 0.2) is 54.6 Å². The van der Waals surface area contributed by atoms with Crippen molar-refractivity contribution in [1.29, 1.82) is 0 Å². The largest absolute Gasteiger partial charge is 0.479 e. The first kappa shape index (κ1) is 14.2. The lowest BCUT2D eigenvalue weighted by atomic mass is 9.93. The van der Waals surface area contributed by atoms with Gasteiger partial charge in [-0.15, -0.1) is 0 Å². The summed E-state index contributed by atoms with van der Waals surface area (Å²) in [5, 5.41) is 18.5. The first-order chi connectivity index (χ1) is 9.59. The van der Waals surface area contributed by atoms with Crippen molar-refractivity contribution < 1.29 is 15.0 Å². The van der Waals surface area contributed by atoms with Gasteiger partial charge in [-0.2, -0.15) is 0 Å². The second-order valence-corrected chi connectivity index (χ2v) is 4.67. The monoisotopic (exact) mass is 271 g/mol. The summed E-state index contributed by atoms with van der Waals surface area (Å²) in [4.78, 5) is 10.9. The highest BCUT2D eigenvalue weighted by Gasteiger charge is 2.25. The van der Waals surface area contributed by atoms with Crippen LogP contribution >= 0.6 is 0 Å². The van der Waals surface area contributed by atoms with E-state index in [4.69, 9.17) is 10.8 Å². The Morgan fingerprint density at radius 1 is 1.05 bits per heavy atom. The van der Waals surface area contributed by atoms with Gasteiger partial charge in [-0.25, -0.2) is 4.79 Å². The van der Waals surface area contributed by atoms with Crippen LogP contribution in [0.25, 0.3) is 0 Å². The van der Waals surface area contributed by atoms with Gasteiger partial charge >= 0.3 is 5.97 Å². The predicted molar refractivity (Wildman–Crippen MR) is 76.3 cm³/mol. The average Bonchev–Trinajstić information content (AvgIpc) is 2.47. The van der Waals surface area contributed by atoms with Gasteiger partial charge in [-0.1, -0.05) is 54.6 Å². The van der Waals surface area contributed by atoms with Crippen molar-refractivity contribution in [1.82, 2.24) is 0 Å². The molecule has 104 valence electrons. The zero-order valence-corrected chi connectivity index (χ0v) is 10.9. The molecule has 0 aliphatic carbocycles. The van der Waals surface area contributed by atoms with Crippen LogP contribution in [0.2, 0.25) is 0 Å². The van der Waals surface area contributed by atoms with Gasteiger partial charge in [0.2, 0.25) is 0 Å². The molecule has 4 N–H and O–H groups in total. The smallest absolute Gasteiger partial charge is 0.334 e. The van der Waals surface area contributed by atoms with E-state index in [1.54, 1.807) is 12.1 Å². The number of carboxylic acids is 1. The zero-order chi connectivity index (χ0) is 14.5. The maximum atomic E-state index is 10.9. The van der Waals surface area contributed by atoms with Crippen molar-refractivity contribution in [3.63, 3.8) is 0 Å². The number of aliphatic hydroxyl groups is 1. The van der Waals surface area contributed by atoms with Gasteiger partial charge < -0.3 is 15.9 Å². The molecule has 2 rings (SSSR count). The van der Waals surface area contributed by atoms with Gasteiger partial charge in [0.25, 0.3) is 0 Å². The average molecular weight is 271 g/mol. The zero-order valence-electron chi connectivity index (χ0n) is 10.9. The van der Waals surface area contributed by atoms with E-state index in [1.165, 1.54) is 0 Å². The van der Waals surface area contributed by atoms with Crippen LogP contribution in [0.5, 0.6) is 0 Å². The molecular formula is C16H17NO3. The van der Waals surface area contributed by atoms with Crippen molar-refractivity contribution >= 4 is 5.97 Å². The van der Waals surface area contributed by atoms with Gasteiger partial charge in [-0.05, 0) is 23.1 Å². The fourth-order valence-electron chi connectivity index (χ4n) is 2.16. The second kappa shape index (κ2) is 6.32. The molecule has 0 aliphatic rings. The molecule has 0 aromatic heterocycles. The fourth-order valence-corrected chi connectivity index (χ4v) is 2.16. The number of hydrogen-bond donors (Lipinski definition) is 3. The number of carboxylic acid groups (broad SMARTS) is 1. The van der Waals surface area contributed by atoms with Crippen molar-refractivity contribution in [3.8, 4) is 0 Å². The molecule has 0 aliphatic heterocycles. The van der Waals surface area contributed by atoms with Crippen molar-refractivity contribution in [3.05, 3.63) is 71.3 Å². The SMILES string of the molecule is N[C@H](c1ccccc1Cc1ccccc1)C(O)C(=O)O. The van der Waals surface area contributed by atoms with Crippen LogP contribution in [0.1, 0.15) is 22.7 Å². The Morgan fingerprint density at radius 3 is 2.30 bits per heavy atom. The number of rotatable bonds is 5. The van der Waals surface area contributed by atoms with E-state index in [0.717, 1.165) is 11.1 Å². The van der Waals surface area contributed by atoms with E-state index in [9.17, 15) is 9.90 Å². The lowest BCUT2D eigenvalue weighted by Gasteiger charge is -2.19. The molecule has 0 radical (unpaired) electrons. The Balaban J connectivity index is 2.29. The molecule has 0 fully saturated rings. The predicted octanol–water partition coefficient (Wildman–Crippen LogP) is 1.72. The standard InChI is InChI=1S/C16H17NO3/c17-14(15(18)16(19)20)13-9-5-4-8-12(13)10-11-6-2-1-3-7-11/h1-9,14-15,18H,10,17H2,(H,19,20)/t14-,15?/m1/s1. The Morgan fingerprint density at radius 2 is 1.65 bits per heavy atom. The van der Waals surface area contributed by atoms with Crippen LogP contribution in [0.3, 0.4) is 0 Å². The van der Waals surface area contributed by atoms with Gasteiger partial charge in [0.15, 0.2) is 6.10 Å². The molecule has 0 saturated heterocycles. The highest BCUT2D eigenvalue weighted by Crippen LogP contribution is 2.22. The van der Waals surface area contributed by atoms with Crippen LogP contribution in [-0.2, 0) is 11.2 Å². The van der Waals surface area contributed by atoms with Crippen LogP contribution in [-0.4, -0.2) is 22.3 Å². The van der Waals surface area contributed by atoms with E-state index in [2.05, 4.69) is 0 Å². The Bertz CT molecular complexity index is 583. The van der Waals surface area contributed by atoms with Gasteiger partial charge in [0, 0.05) is 0 Å². The van der Waals surface area contributed by atoms with E-state index in [1.807, 2.05) is 42.5 Å². The van der Waals surface area contributed by atoms with E-state index < -0.39 is 18.1 Å². The lowest BCUT2D eigenvalue weighted by Crippen LogP contribution is -2.33. The molecule has 2 atom stereocenters. The maximum Gasteiger partial charge on any atom is 0.334 e. The summed E-state index contributed by atoms with van der Waals surface area (Å²) in [7, 11) is 0. The molecule has 0 amide bonds. The molecule has 1 unspecified atom stereocenters. The van der Waals surface area contributed by atoms with Crippen molar-refractivity contribution in [2.45, 2.75) is 18.6 Å². The van der Waals surface area contributed by atoms with Crippen LogP contribution in [0, 0.1) is 0 Å². The summed E-state index contributed by atoms with van der Waals surface area (Å²) >= 11 is 0. The molecule has 0 heterocycles. The highest BCUT2D eigenvalue weighted by molar-refractivity contribution is 5.73. The lowest BCUT2D eigenvalue weighted by molar-refractivity contribution is -0.147. The first-order valence-electron chi connectivity index (χ1n) is 6.38. The number of hydrogen-bond acceptors (Lipinski definition) is 3. The normalized spacial score (nSPS) is 13.7. The number of nitrogens with two attached hydrogens (primary N) is 1. The first-order valence-corrected chi connectivity index (χ1v) is 6.38. The minimum atomic E-state index is -1.60. The van der Waals surface area contributed by atoms with Crippen LogP contribution < -0.4 is 5.73 Å². The third-order valence-corrected chi connectivity index (χ3v) is 3.24. The number of benzene rings is 2. The van der Waals surface area contributed by atoms with E-state index >= 15 is 0 Å². The third kappa shape index (κ3) is 3.23. The fraction of sp³-hybridized carbons (Fsp3) is 0.188. The quantitative estimate of drug-likeness (QED) is 0.773. The van der Waals surface area contributed by atoms with Gasteiger partial charge in [0.05, 0.1) is 6.04 Å². The van der Waals surface area contributed by atoms with Crippen LogP contribution in [0.4, 0.5) is 0 Å². The minimum absolute atomic E-state index is 0.650. The number of carbonyl (C=O) groups is 1. The molecule has 0 spiro atoms. The number of aliphatic hydroxyl groups excluding tert-OH is 1. The highest BCUT2D eigenvalue weighted by atomic mass is 16.4. The van der Waals surface area contributed by atoms with Crippen molar-refractivity contribution in [2.75, 3.05) is 0 Å². The molecule has 4 heteroatoms. The minimum Gasteiger partial charge on any atom is -0.479 e. The summed E-state index contributed by atoms with van der Waals surface area (Å²) in [5.74, 6) is -1.31. The maximum absolute atomic E-state index is 10.9. The molecule has 20 heavy (non-hydrogen) atoms. The van der Waals surface area contributed by atoms with E-state index in [0.29, 0.717) is 12.0 Å². The van der Waals surface area contributed by atoms with Gasteiger partial charge in [0.1, 0.15) is 0 Å². The molecule has 2 aromatic rings. The molecule has 0 bridgehead atoms. The Labute approximate surface area is 117 Å². The topological polar surface area (TPSA) is 83.5 Å².